The number of fused-ring (bicyclic) bond motifs is 3. The molecule has 26 heavy (non-hydrogen) atoms. The number of aryl methyl sites for hydroxylation is 1. The number of nitrogens with zero attached hydrogens (tertiary/aromatic N) is 2. The first kappa shape index (κ1) is 16.0. The monoisotopic (exact) mass is 350 g/mol. The van der Waals surface area contributed by atoms with Crippen molar-refractivity contribution in [3.8, 4) is 17.2 Å². The van der Waals surface area contributed by atoms with Gasteiger partial charge in [0.1, 0.15) is 16.7 Å². The lowest BCUT2D eigenvalue weighted by Crippen LogP contribution is -2.09. The molecule has 7 nitrogen and oxygen atoms in total. The number of pyridine rings is 1. The van der Waals surface area contributed by atoms with Crippen molar-refractivity contribution in [2.75, 3.05) is 20.0 Å². The summed E-state index contributed by atoms with van der Waals surface area (Å²) in [4.78, 5) is 15.5. The second-order valence-corrected chi connectivity index (χ2v) is 6.01. The number of hydrogen-bond donors (Lipinski definition) is 2. The van der Waals surface area contributed by atoms with E-state index in [1.54, 1.807) is 31.0 Å². The molecule has 2 aromatic heterocycles. The number of para-hydroxylation sites is 1. The van der Waals surface area contributed by atoms with Crippen LogP contribution in [-0.4, -0.2) is 29.0 Å². The average Bonchev–Trinajstić information content (AvgIpc) is 2.99. The number of hydrogen-bond acceptors (Lipinski definition) is 5. The number of nitrogens with two attached hydrogens (primary N) is 1. The first-order chi connectivity index (χ1) is 12.5. The van der Waals surface area contributed by atoms with Gasteiger partial charge in [-0.05, 0) is 24.6 Å². The molecular formula is C19H18N4O3. The third-order valence-electron chi connectivity index (χ3n) is 4.52. The highest BCUT2D eigenvalue weighted by atomic mass is 16.5. The molecule has 0 unspecified atom stereocenters. The molecule has 0 atom stereocenters. The van der Waals surface area contributed by atoms with Crippen LogP contribution in [0, 0.1) is 6.92 Å². The zero-order valence-corrected chi connectivity index (χ0v) is 14.7. The third-order valence-corrected chi connectivity index (χ3v) is 4.52. The predicted octanol–water partition coefficient (Wildman–Crippen LogP) is 2.77. The SMILES string of the molecule is COc1cc2[nH]c(=O)c3c(N)n(-c4ccccc4C)nc3c2cc1OC. The number of ether oxygens (including phenoxy) is 2. The van der Waals surface area contributed by atoms with Crippen molar-refractivity contribution in [2.45, 2.75) is 6.92 Å². The lowest BCUT2D eigenvalue weighted by atomic mass is 10.1. The van der Waals surface area contributed by atoms with Crippen LogP contribution in [0.15, 0.2) is 41.2 Å². The van der Waals surface area contributed by atoms with Crippen LogP contribution in [0.2, 0.25) is 0 Å². The quantitative estimate of drug-likeness (QED) is 0.592. The number of aromatic nitrogens is 3. The minimum absolute atomic E-state index is 0.294. The van der Waals surface area contributed by atoms with Crippen LogP contribution in [0.1, 0.15) is 5.56 Å². The number of H-pyrrole nitrogens is 1. The van der Waals surface area contributed by atoms with E-state index in [4.69, 9.17) is 15.2 Å². The van der Waals surface area contributed by atoms with E-state index in [1.165, 1.54) is 0 Å². The minimum Gasteiger partial charge on any atom is -0.493 e. The standard InChI is InChI=1S/C19H18N4O3/c1-10-6-4-5-7-13(10)23-18(20)16-17(22-23)11-8-14(25-2)15(26-3)9-12(11)21-19(16)24/h4-9H,20H2,1-3H3,(H,21,24). The molecule has 132 valence electrons. The molecule has 0 aliphatic heterocycles. The molecular weight excluding hydrogens is 332 g/mol. The molecule has 0 fully saturated rings. The van der Waals surface area contributed by atoms with Crippen LogP contribution >= 0.6 is 0 Å². The first-order valence-corrected chi connectivity index (χ1v) is 8.07. The number of anilines is 1. The normalized spacial score (nSPS) is 11.2. The van der Waals surface area contributed by atoms with E-state index < -0.39 is 0 Å². The Labute approximate surface area is 149 Å². The molecule has 0 bridgehead atoms. The summed E-state index contributed by atoms with van der Waals surface area (Å²) in [5.74, 6) is 1.38. The summed E-state index contributed by atoms with van der Waals surface area (Å²) in [6.45, 7) is 1.97. The summed E-state index contributed by atoms with van der Waals surface area (Å²) in [7, 11) is 3.11. The summed E-state index contributed by atoms with van der Waals surface area (Å²) in [6, 6.07) is 11.2. The maximum atomic E-state index is 12.6. The maximum absolute atomic E-state index is 12.6. The molecule has 0 spiro atoms. The van der Waals surface area contributed by atoms with E-state index >= 15 is 0 Å². The first-order valence-electron chi connectivity index (χ1n) is 8.07. The van der Waals surface area contributed by atoms with E-state index in [0.29, 0.717) is 33.7 Å². The zero-order chi connectivity index (χ0) is 18.4. The van der Waals surface area contributed by atoms with Gasteiger partial charge in [-0.15, -0.1) is 0 Å². The van der Waals surface area contributed by atoms with Crippen molar-refractivity contribution in [3.63, 3.8) is 0 Å². The van der Waals surface area contributed by atoms with E-state index in [-0.39, 0.29) is 5.56 Å². The topological polar surface area (TPSA) is 95.2 Å². The number of benzene rings is 2. The van der Waals surface area contributed by atoms with Gasteiger partial charge in [-0.2, -0.15) is 5.10 Å². The molecule has 7 heteroatoms. The Kier molecular flexibility index (Phi) is 3.57. The molecule has 2 heterocycles. The van der Waals surface area contributed by atoms with Gasteiger partial charge in [0.05, 0.1) is 25.4 Å². The van der Waals surface area contributed by atoms with Gasteiger partial charge >= 0.3 is 0 Å². The largest absolute Gasteiger partial charge is 0.493 e. The highest BCUT2D eigenvalue weighted by Crippen LogP contribution is 2.35. The number of nitrogen functional groups attached to an aromatic ring is 1. The average molecular weight is 350 g/mol. The van der Waals surface area contributed by atoms with E-state index in [1.807, 2.05) is 31.2 Å². The Balaban J connectivity index is 2.13. The van der Waals surface area contributed by atoms with Gasteiger partial charge in [-0.3, -0.25) is 4.79 Å². The van der Waals surface area contributed by atoms with Crippen LogP contribution in [0.3, 0.4) is 0 Å². The van der Waals surface area contributed by atoms with Crippen LogP contribution in [0.25, 0.3) is 27.5 Å². The van der Waals surface area contributed by atoms with Gasteiger partial charge in [-0.25, -0.2) is 4.68 Å². The summed E-state index contributed by atoms with van der Waals surface area (Å²) in [5, 5.41) is 5.73. The molecule has 4 aromatic rings. The molecule has 4 rings (SSSR count). The number of nitrogens with one attached hydrogen (secondary N) is 1. The van der Waals surface area contributed by atoms with Crippen molar-refractivity contribution < 1.29 is 9.47 Å². The van der Waals surface area contributed by atoms with Gasteiger partial charge in [0.15, 0.2) is 11.5 Å². The van der Waals surface area contributed by atoms with Gasteiger partial charge in [0.25, 0.3) is 5.56 Å². The molecule has 0 aliphatic carbocycles. The zero-order valence-electron chi connectivity index (χ0n) is 14.7. The summed E-state index contributed by atoms with van der Waals surface area (Å²) in [5.41, 5.74) is 8.95. The van der Waals surface area contributed by atoms with Gasteiger partial charge < -0.3 is 20.2 Å². The Morgan fingerprint density at radius 1 is 1.12 bits per heavy atom. The molecule has 0 saturated carbocycles. The van der Waals surface area contributed by atoms with Gasteiger partial charge in [0.2, 0.25) is 0 Å². The number of methoxy groups -OCH3 is 2. The van der Waals surface area contributed by atoms with Crippen molar-refractivity contribution >= 4 is 27.6 Å². The Bertz CT molecular complexity index is 1210. The minimum atomic E-state index is -0.294. The molecule has 0 aliphatic rings. The van der Waals surface area contributed by atoms with Crippen molar-refractivity contribution in [1.82, 2.24) is 14.8 Å². The fourth-order valence-electron chi connectivity index (χ4n) is 3.19. The van der Waals surface area contributed by atoms with E-state index in [9.17, 15) is 4.79 Å². The fourth-order valence-corrected chi connectivity index (χ4v) is 3.19. The third kappa shape index (κ3) is 2.21. The van der Waals surface area contributed by atoms with Gasteiger partial charge in [-0.1, -0.05) is 18.2 Å². The van der Waals surface area contributed by atoms with E-state index in [2.05, 4.69) is 10.1 Å². The summed E-state index contributed by atoms with van der Waals surface area (Å²) >= 11 is 0. The molecule has 3 N–H and O–H groups in total. The Morgan fingerprint density at radius 3 is 2.50 bits per heavy atom. The predicted molar refractivity (Wildman–Crippen MR) is 101 cm³/mol. The number of rotatable bonds is 3. The van der Waals surface area contributed by atoms with Crippen LogP contribution < -0.4 is 20.8 Å². The van der Waals surface area contributed by atoms with Gasteiger partial charge in [0, 0.05) is 11.5 Å². The highest BCUT2D eigenvalue weighted by Gasteiger charge is 2.19. The van der Waals surface area contributed by atoms with Crippen molar-refractivity contribution in [2.24, 2.45) is 0 Å². The Morgan fingerprint density at radius 2 is 1.81 bits per heavy atom. The van der Waals surface area contributed by atoms with Crippen LogP contribution in [0.4, 0.5) is 5.82 Å². The van der Waals surface area contributed by atoms with Crippen molar-refractivity contribution in [1.29, 1.82) is 0 Å². The fraction of sp³-hybridized carbons (Fsp3) is 0.158. The highest BCUT2D eigenvalue weighted by molar-refractivity contribution is 6.07. The molecule has 0 saturated heterocycles. The Hall–Kier alpha value is -3.48. The molecule has 0 radical (unpaired) electrons. The summed E-state index contributed by atoms with van der Waals surface area (Å²) < 4.78 is 12.3. The molecule has 0 amide bonds. The maximum Gasteiger partial charge on any atom is 0.261 e. The second kappa shape index (κ2) is 5.80. The van der Waals surface area contributed by atoms with E-state index in [0.717, 1.165) is 16.6 Å². The van der Waals surface area contributed by atoms with Crippen LogP contribution in [-0.2, 0) is 0 Å². The summed E-state index contributed by atoms with van der Waals surface area (Å²) in [6.07, 6.45) is 0. The molecule has 2 aromatic carbocycles. The number of aromatic amines is 1. The smallest absolute Gasteiger partial charge is 0.261 e. The lowest BCUT2D eigenvalue weighted by molar-refractivity contribution is 0.356. The second-order valence-electron chi connectivity index (χ2n) is 6.01. The van der Waals surface area contributed by atoms with Crippen LogP contribution in [0.5, 0.6) is 11.5 Å². The van der Waals surface area contributed by atoms with Crippen molar-refractivity contribution in [3.05, 3.63) is 52.3 Å². The lowest BCUT2D eigenvalue weighted by Gasteiger charge is -2.09.